The van der Waals surface area contributed by atoms with Crippen molar-refractivity contribution in [3.63, 3.8) is 0 Å². The van der Waals surface area contributed by atoms with Crippen molar-refractivity contribution in [1.29, 1.82) is 0 Å². The van der Waals surface area contributed by atoms with Crippen molar-refractivity contribution < 1.29 is 22.3 Å². The van der Waals surface area contributed by atoms with Crippen LogP contribution in [-0.2, 0) is 11.3 Å². The van der Waals surface area contributed by atoms with Gasteiger partial charge in [-0.2, -0.15) is 8.78 Å². The highest BCUT2D eigenvalue weighted by Crippen LogP contribution is 2.23. The number of ether oxygens (including phenoxy) is 1. The summed E-state index contributed by atoms with van der Waals surface area (Å²) >= 11 is 8.64. The van der Waals surface area contributed by atoms with Gasteiger partial charge < -0.3 is 4.74 Å². The van der Waals surface area contributed by atoms with E-state index in [9.17, 15) is 17.6 Å². The van der Waals surface area contributed by atoms with Gasteiger partial charge in [0.25, 0.3) is 0 Å². The lowest BCUT2D eigenvalue weighted by Gasteiger charge is -2.14. The van der Waals surface area contributed by atoms with Gasteiger partial charge in [0.1, 0.15) is 18.4 Å². The Morgan fingerprint density at radius 1 is 1.47 bits per heavy atom. The molecule has 0 fully saturated rings. The number of halogens is 6. The molecule has 1 rings (SSSR count). The molecule has 0 aliphatic heterocycles. The van der Waals surface area contributed by atoms with Gasteiger partial charge in [-0.1, -0.05) is 11.6 Å². The van der Waals surface area contributed by atoms with Crippen LogP contribution in [0.4, 0.5) is 17.6 Å². The zero-order chi connectivity index (χ0) is 13.1. The molecule has 0 unspecified atom stereocenters. The minimum atomic E-state index is -4.18. The Hall–Kier alpha value is -0.470. The quantitative estimate of drug-likeness (QED) is 0.611. The maximum Gasteiger partial charge on any atom is 0.330 e. The van der Waals surface area contributed by atoms with E-state index in [1.54, 1.807) is 0 Å². The van der Waals surface area contributed by atoms with Crippen molar-refractivity contribution in [3.8, 4) is 0 Å². The van der Waals surface area contributed by atoms with E-state index in [-0.39, 0.29) is 11.0 Å². The summed E-state index contributed by atoms with van der Waals surface area (Å²) in [6.45, 7) is -1.82. The molecule has 0 aliphatic rings. The van der Waals surface area contributed by atoms with Gasteiger partial charge in [-0.05, 0) is 15.9 Å². The van der Waals surface area contributed by atoms with Crippen LogP contribution in [0, 0.1) is 0 Å². The molecule has 0 atom stereocenters. The second-order valence-electron chi connectivity index (χ2n) is 2.98. The summed E-state index contributed by atoms with van der Waals surface area (Å²) < 4.78 is 53.3. The van der Waals surface area contributed by atoms with Crippen LogP contribution in [0.1, 0.15) is 5.82 Å². The molecule has 1 heterocycles. The predicted molar refractivity (Wildman–Crippen MR) is 55.3 cm³/mol. The zero-order valence-corrected chi connectivity index (χ0v) is 10.5. The Morgan fingerprint density at radius 2 is 2.12 bits per heavy atom. The van der Waals surface area contributed by atoms with E-state index in [1.807, 2.05) is 0 Å². The minimum absolute atomic E-state index is 0.0308. The van der Waals surface area contributed by atoms with Crippen LogP contribution in [0.5, 0.6) is 0 Å². The molecule has 17 heavy (non-hydrogen) atoms. The Labute approximate surface area is 107 Å². The van der Waals surface area contributed by atoms with Crippen LogP contribution in [0.15, 0.2) is 10.7 Å². The van der Waals surface area contributed by atoms with Crippen molar-refractivity contribution in [2.24, 2.45) is 0 Å². The van der Waals surface area contributed by atoms with Gasteiger partial charge in [-0.15, -0.1) is 0 Å². The first kappa shape index (κ1) is 14.6. The predicted octanol–water partition coefficient (Wildman–Crippen LogP) is 3.31. The number of hydrogen-bond donors (Lipinski definition) is 0. The average Bonchev–Trinajstić information content (AvgIpc) is 2.23. The molecular formula is C8H6BrClF4N2O. The molecule has 0 N–H and O–H groups in total. The normalized spacial score (nSPS) is 12.2. The molecule has 1 aromatic heterocycles. The fourth-order valence-corrected chi connectivity index (χ4v) is 1.13. The number of aromatic nitrogens is 2. The fourth-order valence-electron chi connectivity index (χ4n) is 0.791. The lowest BCUT2D eigenvalue weighted by molar-refractivity contribution is -0.168. The molecule has 0 amide bonds. The van der Waals surface area contributed by atoms with E-state index >= 15 is 0 Å². The second kappa shape index (κ2) is 5.92. The first-order chi connectivity index (χ1) is 7.83. The summed E-state index contributed by atoms with van der Waals surface area (Å²) in [4.78, 5) is 7.39. The Bertz CT molecular complexity index is 394. The Morgan fingerprint density at radius 3 is 2.65 bits per heavy atom. The second-order valence-corrected chi connectivity index (χ2v) is 4.19. The Kier molecular flexibility index (Phi) is 5.08. The summed E-state index contributed by atoms with van der Waals surface area (Å²) in [7, 11) is 0. The maximum absolute atomic E-state index is 12.4. The third-order valence-corrected chi connectivity index (χ3v) is 2.69. The van der Waals surface area contributed by atoms with Crippen molar-refractivity contribution in [3.05, 3.63) is 21.6 Å². The van der Waals surface area contributed by atoms with Crippen molar-refractivity contribution in [2.45, 2.75) is 19.0 Å². The fraction of sp³-hybridized carbons (Fsp3) is 0.500. The summed E-state index contributed by atoms with van der Waals surface area (Å²) in [6, 6.07) is 0. The van der Waals surface area contributed by atoms with Crippen molar-refractivity contribution in [2.75, 3.05) is 6.61 Å². The third kappa shape index (κ3) is 4.36. The van der Waals surface area contributed by atoms with Gasteiger partial charge in [0.15, 0.2) is 5.82 Å². The van der Waals surface area contributed by atoms with Gasteiger partial charge in [-0.25, -0.2) is 18.7 Å². The molecule has 0 bridgehead atoms. The van der Waals surface area contributed by atoms with Gasteiger partial charge >= 0.3 is 12.3 Å². The van der Waals surface area contributed by atoms with E-state index in [1.165, 1.54) is 6.20 Å². The summed E-state index contributed by atoms with van der Waals surface area (Å²) in [5.74, 6) is -4.15. The first-order valence-corrected chi connectivity index (χ1v) is 5.40. The van der Waals surface area contributed by atoms with Gasteiger partial charge in [0.05, 0.1) is 4.47 Å². The highest BCUT2D eigenvalue weighted by atomic mass is 79.9. The number of hydrogen-bond acceptors (Lipinski definition) is 3. The smallest absolute Gasteiger partial charge is 0.330 e. The number of alkyl halides is 4. The lowest BCUT2D eigenvalue weighted by atomic mass is 10.4. The van der Waals surface area contributed by atoms with E-state index < -0.39 is 25.6 Å². The molecule has 96 valence electrons. The molecule has 0 saturated carbocycles. The van der Waals surface area contributed by atoms with Crippen LogP contribution in [0.3, 0.4) is 0 Å². The summed E-state index contributed by atoms with van der Waals surface area (Å²) in [6.07, 6.45) is -2.46. The van der Waals surface area contributed by atoms with E-state index in [4.69, 9.17) is 11.6 Å². The van der Waals surface area contributed by atoms with Crippen molar-refractivity contribution >= 4 is 27.5 Å². The standard InChI is InChI=1S/C8H6BrClF4N2O/c9-4-1-15-5(16-6(4)10)2-17-3-8(13,14)7(11)12/h1,7H,2-3H2. The SMILES string of the molecule is FC(F)C(F)(F)COCc1ncc(Br)c(Cl)n1. The topological polar surface area (TPSA) is 35.0 Å². The highest BCUT2D eigenvalue weighted by Gasteiger charge is 2.40. The van der Waals surface area contributed by atoms with Crippen LogP contribution >= 0.6 is 27.5 Å². The number of rotatable bonds is 5. The molecule has 0 radical (unpaired) electrons. The average molecular weight is 337 g/mol. The highest BCUT2D eigenvalue weighted by molar-refractivity contribution is 9.10. The van der Waals surface area contributed by atoms with Crippen LogP contribution in [0.2, 0.25) is 5.15 Å². The molecule has 1 aromatic rings. The molecule has 0 spiro atoms. The maximum atomic E-state index is 12.4. The Balaban J connectivity index is 2.49. The molecule has 0 saturated heterocycles. The molecule has 3 nitrogen and oxygen atoms in total. The molecular weight excluding hydrogens is 331 g/mol. The third-order valence-electron chi connectivity index (χ3n) is 1.60. The van der Waals surface area contributed by atoms with Crippen LogP contribution < -0.4 is 0 Å². The molecule has 0 aromatic carbocycles. The van der Waals surface area contributed by atoms with E-state index in [2.05, 4.69) is 30.6 Å². The first-order valence-electron chi connectivity index (χ1n) is 4.23. The van der Waals surface area contributed by atoms with Gasteiger partial charge in [0, 0.05) is 6.20 Å². The molecule has 9 heteroatoms. The lowest BCUT2D eigenvalue weighted by Crippen LogP contribution is -2.32. The monoisotopic (exact) mass is 336 g/mol. The van der Waals surface area contributed by atoms with E-state index in [0.29, 0.717) is 4.47 Å². The number of nitrogens with zero attached hydrogens (tertiary/aromatic N) is 2. The van der Waals surface area contributed by atoms with Crippen LogP contribution in [0.25, 0.3) is 0 Å². The van der Waals surface area contributed by atoms with Gasteiger partial charge in [0.2, 0.25) is 0 Å². The van der Waals surface area contributed by atoms with Crippen molar-refractivity contribution in [1.82, 2.24) is 9.97 Å². The summed E-state index contributed by atoms with van der Waals surface area (Å²) in [5.41, 5.74) is 0. The largest absolute Gasteiger partial charge is 0.367 e. The molecule has 0 aliphatic carbocycles. The van der Waals surface area contributed by atoms with Crippen LogP contribution in [-0.4, -0.2) is 28.9 Å². The van der Waals surface area contributed by atoms with E-state index in [0.717, 1.165) is 0 Å². The zero-order valence-electron chi connectivity index (χ0n) is 8.14. The summed E-state index contributed by atoms with van der Waals surface area (Å²) in [5, 5.41) is 0.0826. The minimum Gasteiger partial charge on any atom is -0.367 e. The van der Waals surface area contributed by atoms with Gasteiger partial charge in [-0.3, -0.25) is 0 Å².